The van der Waals surface area contributed by atoms with Crippen molar-refractivity contribution < 1.29 is 0 Å². The van der Waals surface area contributed by atoms with Crippen LogP contribution in [0.2, 0.25) is 0 Å². The number of benzene rings is 15. The molecule has 22 aromatic rings. The van der Waals surface area contributed by atoms with Crippen LogP contribution in [0.4, 0.5) is 0 Å². The van der Waals surface area contributed by atoms with E-state index < -0.39 is 0 Å². The molecule has 22 rings (SSSR count). The van der Waals surface area contributed by atoms with E-state index in [0.717, 1.165) is 145 Å². The van der Waals surface area contributed by atoms with Gasteiger partial charge in [0.15, 0.2) is 0 Å². The van der Waals surface area contributed by atoms with Crippen LogP contribution < -0.4 is 0 Å². The van der Waals surface area contributed by atoms with E-state index in [1.54, 1.807) is 0 Å². The van der Waals surface area contributed by atoms with Crippen LogP contribution in [0.15, 0.2) is 371 Å². The van der Waals surface area contributed by atoms with Crippen LogP contribution >= 0.6 is 0 Å². The Kier molecular flexibility index (Phi) is 15.9. The number of aromatic nitrogens is 11. The molecule has 0 N–H and O–H groups in total. The molecule has 0 fully saturated rings. The van der Waals surface area contributed by atoms with Gasteiger partial charge in [0.1, 0.15) is 22.9 Å². The Morgan fingerprint density at radius 2 is 0.523 bits per heavy atom. The summed E-state index contributed by atoms with van der Waals surface area (Å²) in [5, 5.41) is 20.0. The Hall–Kier alpha value is -14.9. The van der Waals surface area contributed by atoms with E-state index in [2.05, 4.69) is 283 Å². The molecule has 0 saturated carbocycles. The van der Waals surface area contributed by atoms with E-state index in [4.69, 9.17) is 44.9 Å². The Bertz CT molecular complexity index is 7210. The molecule has 0 radical (unpaired) electrons. The maximum Gasteiger partial charge on any atom is 0.145 e. The lowest BCUT2D eigenvalue weighted by molar-refractivity contribution is 1.10. The molecule has 0 aliphatic rings. The summed E-state index contributed by atoms with van der Waals surface area (Å²) >= 11 is 0. The van der Waals surface area contributed by atoms with Crippen molar-refractivity contribution in [2.24, 2.45) is 0 Å². The molecule has 0 unspecified atom stereocenters. The Labute approximate surface area is 625 Å². The number of pyridine rings is 3. The van der Waals surface area contributed by atoms with E-state index in [1.165, 1.54) is 59.2 Å². The van der Waals surface area contributed by atoms with Gasteiger partial charge in [-0.1, -0.05) is 291 Å². The fourth-order valence-corrected chi connectivity index (χ4v) is 15.4. The fourth-order valence-electron chi connectivity index (χ4n) is 15.4. The molecule has 0 saturated heterocycles. The second kappa shape index (κ2) is 27.3. The molecule has 15 aromatic carbocycles. The van der Waals surface area contributed by atoms with E-state index >= 15 is 0 Å². The molecule has 0 spiro atoms. The van der Waals surface area contributed by atoms with Gasteiger partial charge in [0.25, 0.3) is 0 Å². The third kappa shape index (κ3) is 11.6. The van der Waals surface area contributed by atoms with Gasteiger partial charge in [0.2, 0.25) is 0 Å². The van der Waals surface area contributed by atoms with Crippen LogP contribution in [0.25, 0.3) is 204 Å². The number of para-hydroxylation sites is 6. The fraction of sp³-hybridized carbons (Fsp3) is 0. The van der Waals surface area contributed by atoms with Gasteiger partial charge in [-0.25, -0.2) is 19.9 Å². The average molecular weight is 1390 g/mol. The predicted molar refractivity (Wildman–Crippen MR) is 447 cm³/mol. The van der Waals surface area contributed by atoms with Crippen LogP contribution in [0.3, 0.4) is 0 Å². The highest BCUT2D eigenvalue weighted by molar-refractivity contribution is 6.25. The normalized spacial score (nSPS) is 11.5. The van der Waals surface area contributed by atoms with Gasteiger partial charge in [0, 0.05) is 76.4 Å². The summed E-state index contributed by atoms with van der Waals surface area (Å²) in [6, 6.07) is 115. The highest BCUT2D eigenvalue weighted by atomic mass is 15.1. The van der Waals surface area contributed by atoms with Gasteiger partial charge >= 0.3 is 0 Å². The molecule has 508 valence electrons. The molecule has 7 aromatic heterocycles. The van der Waals surface area contributed by atoms with Crippen LogP contribution in [-0.2, 0) is 0 Å². The van der Waals surface area contributed by atoms with Gasteiger partial charge in [-0.3, -0.25) is 34.5 Å². The van der Waals surface area contributed by atoms with Gasteiger partial charge in [-0.15, -0.1) is 0 Å². The number of hydrogen-bond donors (Lipinski definition) is 0. The molecule has 0 atom stereocenters. The van der Waals surface area contributed by atoms with Crippen molar-refractivity contribution in [1.29, 1.82) is 0 Å². The van der Waals surface area contributed by atoms with Crippen LogP contribution in [0.5, 0.6) is 0 Å². The first-order valence-corrected chi connectivity index (χ1v) is 36.3. The van der Waals surface area contributed by atoms with Crippen LogP contribution in [-0.4, -0.2) is 54.4 Å². The summed E-state index contributed by atoms with van der Waals surface area (Å²) in [5.74, 6) is 0.900. The predicted octanol–water partition coefficient (Wildman–Crippen LogP) is 24.2. The second-order valence-electron chi connectivity index (χ2n) is 27.0. The highest BCUT2D eigenvalue weighted by Crippen LogP contribution is 2.41. The van der Waals surface area contributed by atoms with Gasteiger partial charge in [0.05, 0.1) is 98.9 Å². The largest absolute Gasteiger partial charge is 0.292 e. The third-order valence-electron chi connectivity index (χ3n) is 20.6. The number of hydrogen-bond acceptors (Lipinski definition) is 10. The molecular weight excluding hydrogens is 1330 g/mol. The topological polar surface area (TPSA) is 134 Å². The summed E-state index contributed by atoms with van der Waals surface area (Å²) in [6.45, 7) is 0. The van der Waals surface area contributed by atoms with Gasteiger partial charge in [-0.2, -0.15) is 0 Å². The van der Waals surface area contributed by atoms with Crippen molar-refractivity contribution in [2.75, 3.05) is 0 Å². The highest BCUT2D eigenvalue weighted by Gasteiger charge is 2.21. The Morgan fingerprint density at radius 3 is 0.972 bits per heavy atom. The smallest absolute Gasteiger partial charge is 0.145 e. The molecule has 0 aliphatic carbocycles. The van der Waals surface area contributed by atoms with Crippen molar-refractivity contribution in [3.63, 3.8) is 0 Å². The lowest BCUT2D eigenvalue weighted by Crippen LogP contribution is -1.97. The number of rotatable bonds is 8. The minimum absolute atomic E-state index is 0.748. The van der Waals surface area contributed by atoms with Crippen LogP contribution in [0.1, 0.15) is 0 Å². The molecule has 11 heteroatoms. The zero-order valence-corrected chi connectivity index (χ0v) is 58.6. The van der Waals surface area contributed by atoms with Crippen molar-refractivity contribution in [1.82, 2.24) is 54.4 Å². The quantitative estimate of drug-likeness (QED) is 0.135. The second-order valence-corrected chi connectivity index (χ2v) is 27.0. The number of fused-ring (bicyclic) bond motifs is 17. The summed E-state index contributed by atoms with van der Waals surface area (Å²) in [4.78, 5) is 48.9. The van der Waals surface area contributed by atoms with Crippen molar-refractivity contribution in [3.05, 3.63) is 371 Å². The maximum atomic E-state index is 5.07. The molecule has 0 aliphatic heterocycles. The van der Waals surface area contributed by atoms with Crippen molar-refractivity contribution in [2.45, 2.75) is 0 Å². The van der Waals surface area contributed by atoms with Crippen molar-refractivity contribution >= 4 is 119 Å². The van der Waals surface area contributed by atoms with Gasteiger partial charge < -0.3 is 0 Å². The third-order valence-corrected chi connectivity index (χ3v) is 20.6. The summed E-state index contributed by atoms with van der Waals surface area (Å²) in [7, 11) is 0. The first kappa shape index (κ1) is 63.7. The van der Waals surface area contributed by atoms with E-state index in [9.17, 15) is 0 Å². The molecule has 109 heavy (non-hydrogen) atoms. The zero-order chi connectivity index (χ0) is 72.1. The molecule has 7 heterocycles. The molecular formula is C98H61N11. The first-order valence-electron chi connectivity index (χ1n) is 36.3. The van der Waals surface area contributed by atoms with E-state index in [0.29, 0.717) is 0 Å². The monoisotopic (exact) mass is 1390 g/mol. The minimum Gasteiger partial charge on any atom is -0.292 e. The first-order chi connectivity index (χ1) is 54.1. The number of nitrogens with zero attached hydrogens (tertiary/aromatic N) is 11. The summed E-state index contributed by atoms with van der Waals surface area (Å²) in [5.41, 5.74) is 17.5. The van der Waals surface area contributed by atoms with E-state index in [-0.39, 0.29) is 0 Å². The van der Waals surface area contributed by atoms with E-state index in [1.807, 2.05) is 97.8 Å². The lowest BCUT2D eigenvalue weighted by atomic mass is 9.96. The van der Waals surface area contributed by atoms with Crippen molar-refractivity contribution in [3.8, 4) is 85.0 Å². The van der Waals surface area contributed by atoms with Gasteiger partial charge in [-0.05, 0) is 85.6 Å². The standard InChI is InChI=1S/C40H25N5.C31H19N3.C27H17N3/c1-2-11-29(12-3-1)45-37-17-9-8-16-34(37)44-40(45)28-20-18-27(19-21-28)35-24-42-36(25-41-35)39-32-23-22-26-10-4-5-13-30(26)38(32)31-14-6-7-15-33(31)43-39;1-3-11-22-20(8-1)10-7-14-24(22)28-18-33-29(19-32-28)31-26-17-16-21-9-2-4-12-23(21)30(26)25-13-5-6-15-27(25)34-31;1-2-9-19(10-3-1)24-16-29-25(17-28-24)27-22-15-14-18-8-4-5-11-20(18)26(22)21-12-6-7-13-23(21)30-27/h1-25H;1-19H;1-17H. The van der Waals surface area contributed by atoms with Crippen LogP contribution in [0, 0.1) is 0 Å². The number of imidazole rings is 1. The minimum atomic E-state index is 0.748. The zero-order valence-electron chi connectivity index (χ0n) is 58.6. The summed E-state index contributed by atoms with van der Waals surface area (Å²) < 4.78 is 2.21. The molecule has 0 amide bonds. The lowest BCUT2D eigenvalue weighted by Gasteiger charge is -2.12. The Balaban J connectivity index is 0.000000110. The SMILES string of the molecule is c1ccc(-c2cnc(-c3nc4ccccc4c4c3ccc3ccccc34)cn2)cc1.c1ccc(-n2c(-c3ccc(-c4cnc(-c5nc6ccccc6c6c5ccc5ccccc56)cn4)cc3)nc3ccccc32)cc1.c1ccc2c(-c3cnc(-c4nc5ccccc5c5c4ccc4ccccc45)cn3)cccc2c1. The Morgan fingerprint density at radius 1 is 0.193 bits per heavy atom. The maximum absolute atomic E-state index is 5.07. The average Bonchev–Trinajstić information content (AvgIpc) is 1.54. The molecule has 11 nitrogen and oxygen atoms in total. The summed E-state index contributed by atoms with van der Waals surface area (Å²) in [6.07, 6.45) is 11.0. The molecule has 0 bridgehead atoms.